The molecule has 0 aliphatic heterocycles. The van der Waals surface area contributed by atoms with Crippen molar-refractivity contribution >= 4 is 5.82 Å². The van der Waals surface area contributed by atoms with Gasteiger partial charge in [0, 0.05) is 6.20 Å². The highest BCUT2D eigenvalue weighted by atomic mass is 16.5. The first-order chi connectivity index (χ1) is 9.90. The van der Waals surface area contributed by atoms with E-state index in [1.165, 1.54) is 0 Å². The average molecular weight is 266 g/mol. The molecule has 0 bridgehead atoms. The lowest BCUT2D eigenvalue weighted by atomic mass is 10.1. The van der Waals surface area contributed by atoms with E-state index < -0.39 is 0 Å². The van der Waals surface area contributed by atoms with Crippen LogP contribution >= 0.6 is 0 Å². The number of rotatable bonds is 6. The Hall–Kier alpha value is -2.51. The Labute approximate surface area is 119 Å². The van der Waals surface area contributed by atoms with Gasteiger partial charge < -0.3 is 10.1 Å². The van der Waals surface area contributed by atoms with Crippen molar-refractivity contribution in [3.05, 3.63) is 78.4 Å². The number of benzene rings is 1. The van der Waals surface area contributed by atoms with Gasteiger partial charge in [-0.1, -0.05) is 42.1 Å². The molecular weight excluding hydrogens is 248 g/mol. The number of allylic oxidation sites excluding steroid dienone is 1. The third-order valence-corrected chi connectivity index (χ3v) is 2.77. The Balaban J connectivity index is 2.05. The summed E-state index contributed by atoms with van der Waals surface area (Å²) in [5.41, 5.74) is 4.05. The Morgan fingerprint density at radius 1 is 1.20 bits per heavy atom. The zero-order valence-corrected chi connectivity index (χ0v) is 11.5. The highest BCUT2D eigenvalue weighted by Crippen LogP contribution is 2.18. The van der Waals surface area contributed by atoms with Crippen LogP contribution in [0.1, 0.15) is 18.6 Å². The summed E-state index contributed by atoms with van der Waals surface area (Å²) in [5, 5.41) is 3.28. The molecule has 0 aliphatic carbocycles. The maximum absolute atomic E-state index is 5.73. The third kappa shape index (κ3) is 4.30. The molecule has 102 valence electrons. The van der Waals surface area contributed by atoms with Crippen molar-refractivity contribution in [3.8, 4) is 0 Å². The van der Waals surface area contributed by atoms with E-state index in [2.05, 4.69) is 16.0 Å². The molecule has 2 aromatic rings. The highest BCUT2D eigenvalue weighted by molar-refractivity contribution is 5.34. The second kappa shape index (κ2) is 7.82. The minimum absolute atomic E-state index is 0.0781. The van der Waals surface area contributed by atoms with E-state index in [-0.39, 0.29) is 6.10 Å². The topological polar surface area (TPSA) is 34.1 Å². The standard InChI is InChI=1S/C17H18N2O/c1-2-3-13-20-16(15-9-5-4-6-10-15)14-19-17-11-7-8-12-18-17/h2,4-13,16H,14H2,1H3,(H,18,19). The van der Waals surface area contributed by atoms with Crippen LogP contribution in [-0.2, 0) is 4.74 Å². The van der Waals surface area contributed by atoms with E-state index in [0.717, 1.165) is 11.4 Å². The molecule has 2 rings (SSSR count). The van der Waals surface area contributed by atoms with Gasteiger partial charge in [0.05, 0.1) is 6.54 Å². The molecule has 1 atom stereocenters. The lowest BCUT2D eigenvalue weighted by Crippen LogP contribution is -2.14. The lowest BCUT2D eigenvalue weighted by molar-refractivity contribution is 0.158. The smallest absolute Gasteiger partial charge is 0.141 e. The number of nitrogens with zero attached hydrogens (tertiary/aromatic N) is 1. The van der Waals surface area contributed by atoms with E-state index in [9.17, 15) is 0 Å². The normalized spacial score (nSPS) is 11.1. The molecule has 20 heavy (non-hydrogen) atoms. The molecule has 0 aliphatic rings. The summed E-state index contributed by atoms with van der Waals surface area (Å²) in [4.78, 5) is 4.24. The minimum atomic E-state index is -0.0781. The molecule has 3 heteroatoms. The number of hydrogen-bond acceptors (Lipinski definition) is 3. The summed E-state index contributed by atoms with van der Waals surface area (Å²) in [6, 6.07) is 15.9. The van der Waals surface area contributed by atoms with Gasteiger partial charge in [-0.25, -0.2) is 4.98 Å². The molecule has 0 spiro atoms. The van der Waals surface area contributed by atoms with Gasteiger partial charge >= 0.3 is 0 Å². The zero-order chi connectivity index (χ0) is 14.0. The molecule has 3 nitrogen and oxygen atoms in total. The van der Waals surface area contributed by atoms with E-state index in [0.29, 0.717) is 6.54 Å². The van der Waals surface area contributed by atoms with Crippen molar-refractivity contribution < 1.29 is 4.74 Å². The van der Waals surface area contributed by atoms with Gasteiger partial charge in [-0.15, -0.1) is 0 Å². The number of hydrogen-bond donors (Lipinski definition) is 1. The Morgan fingerprint density at radius 3 is 2.70 bits per heavy atom. The van der Waals surface area contributed by atoms with E-state index in [4.69, 9.17) is 4.74 Å². The van der Waals surface area contributed by atoms with Crippen LogP contribution in [0.5, 0.6) is 0 Å². The van der Waals surface area contributed by atoms with Crippen molar-refractivity contribution in [1.82, 2.24) is 4.98 Å². The molecule has 1 aromatic heterocycles. The van der Waals surface area contributed by atoms with Crippen LogP contribution in [0.15, 0.2) is 72.8 Å². The number of pyridine rings is 1. The second-order valence-corrected chi connectivity index (χ2v) is 4.20. The van der Waals surface area contributed by atoms with Gasteiger partial charge in [-0.3, -0.25) is 0 Å². The Bertz CT molecular complexity index is 560. The molecule has 1 N–H and O–H groups in total. The number of anilines is 1. The average Bonchev–Trinajstić information content (AvgIpc) is 2.52. The van der Waals surface area contributed by atoms with Crippen LogP contribution in [-0.4, -0.2) is 11.5 Å². The van der Waals surface area contributed by atoms with Gasteiger partial charge in [0.25, 0.3) is 0 Å². The van der Waals surface area contributed by atoms with Gasteiger partial charge in [-0.2, -0.15) is 0 Å². The first-order valence-corrected chi connectivity index (χ1v) is 6.61. The van der Waals surface area contributed by atoms with Crippen molar-refractivity contribution in [3.63, 3.8) is 0 Å². The molecule has 1 aromatic carbocycles. The SMILES string of the molecule is CC=C=COC(CNc1ccccn1)c1ccccc1. The van der Waals surface area contributed by atoms with Crippen LogP contribution in [0.2, 0.25) is 0 Å². The molecule has 1 heterocycles. The molecular formula is C17H18N2O. The van der Waals surface area contributed by atoms with Crippen LogP contribution in [0.25, 0.3) is 0 Å². The lowest BCUT2D eigenvalue weighted by Gasteiger charge is -2.17. The molecule has 0 amide bonds. The van der Waals surface area contributed by atoms with Crippen LogP contribution in [0.4, 0.5) is 5.82 Å². The molecule has 0 fully saturated rings. The van der Waals surface area contributed by atoms with Crippen molar-refractivity contribution in [2.75, 3.05) is 11.9 Å². The fourth-order valence-corrected chi connectivity index (χ4v) is 1.77. The van der Waals surface area contributed by atoms with Gasteiger partial charge in [-0.05, 0) is 30.7 Å². The maximum atomic E-state index is 5.73. The summed E-state index contributed by atoms with van der Waals surface area (Å²) in [7, 11) is 0. The largest absolute Gasteiger partial charge is 0.483 e. The monoisotopic (exact) mass is 266 g/mol. The second-order valence-electron chi connectivity index (χ2n) is 4.20. The predicted molar refractivity (Wildman–Crippen MR) is 81.3 cm³/mol. The predicted octanol–water partition coefficient (Wildman–Crippen LogP) is 3.94. The van der Waals surface area contributed by atoms with Crippen molar-refractivity contribution in [2.45, 2.75) is 13.0 Å². The van der Waals surface area contributed by atoms with Crippen molar-refractivity contribution in [2.24, 2.45) is 0 Å². The Kier molecular flexibility index (Phi) is 5.44. The van der Waals surface area contributed by atoms with Gasteiger partial charge in [0.15, 0.2) is 0 Å². The zero-order valence-electron chi connectivity index (χ0n) is 11.5. The Morgan fingerprint density at radius 2 is 2.00 bits per heavy atom. The summed E-state index contributed by atoms with van der Waals surface area (Å²) in [5.74, 6) is 0.840. The molecule has 0 saturated carbocycles. The minimum Gasteiger partial charge on any atom is -0.483 e. The third-order valence-electron chi connectivity index (χ3n) is 2.77. The summed E-state index contributed by atoms with van der Waals surface area (Å²) < 4.78 is 5.73. The summed E-state index contributed by atoms with van der Waals surface area (Å²) in [6.45, 7) is 2.55. The first kappa shape index (κ1) is 13.9. The van der Waals surface area contributed by atoms with Crippen molar-refractivity contribution in [1.29, 1.82) is 0 Å². The van der Waals surface area contributed by atoms with E-state index >= 15 is 0 Å². The van der Waals surface area contributed by atoms with Crippen LogP contribution in [0, 0.1) is 0 Å². The summed E-state index contributed by atoms with van der Waals surface area (Å²) in [6.07, 6.45) is 5.09. The molecule has 1 unspecified atom stereocenters. The van der Waals surface area contributed by atoms with E-state index in [1.807, 2.05) is 61.5 Å². The highest BCUT2D eigenvalue weighted by Gasteiger charge is 2.10. The van der Waals surface area contributed by atoms with E-state index in [1.54, 1.807) is 12.5 Å². The number of aromatic nitrogens is 1. The van der Waals surface area contributed by atoms with Crippen LogP contribution in [0.3, 0.4) is 0 Å². The van der Waals surface area contributed by atoms with Gasteiger partial charge in [0.2, 0.25) is 0 Å². The first-order valence-electron chi connectivity index (χ1n) is 6.61. The number of ether oxygens (including phenoxy) is 1. The number of nitrogens with one attached hydrogen (secondary N) is 1. The quantitative estimate of drug-likeness (QED) is 0.635. The summed E-state index contributed by atoms with van der Waals surface area (Å²) >= 11 is 0. The van der Waals surface area contributed by atoms with Gasteiger partial charge in [0.1, 0.15) is 18.2 Å². The maximum Gasteiger partial charge on any atom is 0.141 e. The molecule has 0 saturated heterocycles. The fourth-order valence-electron chi connectivity index (χ4n) is 1.77. The fraction of sp³-hybridized carbons (Fsp3) is 0.176. The van der Waals surface area contributed by atoms with Crippen LogP contribution < -0.4 is 5.32 Å². The molecule has 0 radical (unpaired) electrons.